The second-order valence-electron chi connectivity index (χ2n) is 7.90. The minimum Gasteiger partial charge on any atom is -0.338 e. The lowest BCUT2D eigenvalue weighted by Gasteiger charge is -2.55. The topological polar surface area (TPSA) is 51.0 Å². The molecule has 4 aliphatic rings. The number of nitrogens with zero attached hydrogens (tertiary/aromatic N) is 2. The summed E-state index contributed by atoms with van der Waals surface area (Å²) in [6.07, 6.45) is 9.40. The highest BCUT2D eigenvalue weighted by Crippen LogP contribution is 2.60. The van der Waals surface area contributed by atoms with Gasteiger partial charge in [0.25, 0.3) is 0 Å². The van der Waals surface area contributed by atoms with Crippen molar-refractivity contribution in [1.82, 2.24) is 15.5 Å². The summed E-state index contributed by atoms with van der Waals surface area (Å²) in [6.45, 7) is 5.08. The van der Waals surface area contributed by atoms with Crippen molar-refractivity contribution in [1.29, 1.82) is 0 Å². The van der Waals surface area contributed by atoms with Gasteiger partial charge in [-0.05, 0) is 69.6 Å². The lowest BCUT2D eigenvalue weighted by molar-refractivity contribution is -0.0103. The van der Waals surface area contributed by atoms with Crippen LogP contribution in [0.2, 0.25) is 0 Å². The molecule has 0 aromatic carbocycles. The zero-order chi connectivity index (χ0) is 14.4. The van der Waals surface area contributed by atoms with Gasteiger partial charge < -0.3 is 9.84 Å². The third-order valence-corrected chi connectivity index (χ3v) is 6.19. The third kappa shape index (κ3) is 2.41. The van der Waals surface area contributed by atoms with Crippen LogP contribution < -0.4 is 5.32 Å². The smallest absolute Gasteiger partial charge is 0.240 e. The molecule has 1 aromatic rings. The van der Waals surface area contributed by atoms with Crippen LogP contribution in [0.15, 0.2) is 4.52 Å². The maximum Gasteiger partial charge on any atom is 0.240 e. The Labute approximate surface area is 127 Å². The summed E-state index contributed by atoms with van der Waals surface area (Å²) < 4.78 is 5.53. The van der Waals surface area contributed by atoms with Gasteiger partial charge in [0.05, 0.1) is 6.54 Å². The van der Waals surface area contributed by atoms with Crippen molar-refractivity contribution in [2.75, 3.05) is 0 Å². The van der Waals surface area contributed by atoms with Gasteiger partial charge in [-0.15, -0.1) is 0 Å². The van der Waals surface area contributed by atoms with Gasteiger partial charge >= 0.3 is 0 Å². The summed E-state index contributed by atoms with van der Waals surface area (Å²) in [7, 11) is 0. The molecule has 4 nitrogen and oxygen atoms in total. The van der Waals surface area contributed by atoms with Crippen molar-refractivity contribution in [3.8, 4) is 0 Å². The average molecular weight is 289 g/mol. The summed E-state index contributed by atoms with van der Waals surface area (Å²) in [4.78, 5) is 4.77. The summed E-state index contributed by atoms with van der Waals surface area (Å²) in [5.41, 5.74) is 0.257. The maximum absolute atomic E-state index is 5.53. The first-order chi connectivity index (χ1) is 10.2. The highest BCUT2D eigenvalue weighted by atomic mass is 16.5. The van der Waals surface area contributed by atoms with Crippen LogP contribution in [0.5, 0.6) is 0 Å². The third-order valence-electron chi connectivity index (χ3n) is 6.19. The van der Waals surface area contributed by atoms with Crippen LogP contribution in [0, 0.1) is 17.8 Å². The maximum atomic E-state index is 5.53. The Kier molecular flexibility index (Phi) is 3.32. The number of nitrogens with one attached hydrogen (secondary N) is 1. The highest BCUT2D eigenvalue weighted by molar-refractivity contribution is 5.16. The van der Waals surface area contributed by atoms with E-state index in [2.05, 4.69) is 24.3 Å². The lowest BCUT2D eigenvalue weighted by Crippen LogP contribution is -2.49. The van der Waals surface area contributed by atoms with Crippen molar-refractivity contribution in [3.05, 3.63) is 11.7 Å². The van der Waals surface area contributed by atoms with Crippen molar-refractivity contribution >= 4 is 0 Å². The lowest BCUT2D eigenvalue weighted by atomic mass is 9.49. The van der Waals surface area contributed by atoms with Crippen molar-refractivity contribution < 1.29 is 4.52 Å². The molecule has 5 rings (SSSR count). The molecule has 0 aliphatic heterocycles. The molecule has 0 saturated heterocycles. The molecule has 1 aromatic heterocycles. The molecular weight excluding hydrogens is 262 g/mol. The fraction of sp³-hybridized carbons (Fsp3) is 0.882. The van der Waals surface area contributed by atoms with E-state index in [1.165, 1.54) is 38.5 Å². The van der Waals surface area contributed by atoms with Crippen LogP contribution in [0.3, 0.4) is 0 Å². The first-order valence-electron chi connectivity index (χ1n) is 8.73. The summed E-state index contributed by atoms with van der Waals surface area (Å²) in [6, 6.07) is 0.500. The molecular formula is C17H27N3O. The van der Waals surface area contributed by atoms with Crippen molar-refractivity contribution in [2.24, 2.45) is 17.8 Å². The fourth-order valence-electron chi connectivity index (χ4n) is 5.33. The van der Waals surface area contributed by atoms with Gasteiger partial charge in [0, 0.05) is 11.5 Å². The van der Waals surface area contributed by atoms with E-state index >= 15 is 0 Å². The molecule has 0 radical (unpaired) electrons. The van der Waals surface area contributed by atoms with Gasteiger partial charge in [0.2, 0.25) is 5.89 Å². The van der Waals surface area contributed by atoms with Gasteiger partial charge in [0.15, 0.2) is 5.82 Å². The predicted molar refractivity (Wildman–Crippen MR) is 80.7 cm³/mol. The van der Waals surface area contributed by atoms with E-state index in [4.69, 9.17) is 9.51 Å². The minimum atomic E-state index is 0.257. The molecule has 4 aliphatic carbocycles. The van der Waals surface area contributed by atoms with E-state index in [1.807, 2.05) is 0 Å². The molecule has 21 heavy (non-hydrogen) atoms. The number of aromatic nitrogens is 2. The van der Waals surface area contributed by atoms with E-state index in [0.717, 1.165) is 35.9 Å². The molecule has 0 amide bonds. The second-order valence-corrected chi connectivity index (χ2v) is 7.90. The van der Waals surface area contributed by atoms with Crippen LogP contribution >= 0.6 is 0 Å². The number of hydrogen-bond acceptors (Lipinski definition) is 4. The van der Waals surface area contributed by atoms with E-state index in [9.17, 15) is 0 Å². The minimum absolute atomic E-state index is 0.257. The van der Waals surface area contributed by atoms with Gasteiger partial charge in [0.1, 0.15) is 0 Å². The molecule has 116 valence electrons. The van der Waals surface area contributed by atoms with Gasteiger partial charge in [-0.3, -0.25) is 0 Å². The van der Waals surface area contributed by atoms with E-state index in [-0.39, 0.29) is 5.41 Å². The van der Waals surface area contributed by atoms with Crippen LogP contribution in [0.1, 0.15) is 70.5 Å². The molecule has 4 fully saturated rings. The van der Waals surface area contributed by atoms with Gasteiger partial charge in [-0.25, -0.2) is 0 Å². The Balaban J connectivity index is 1.50. The summed E-state index contributed by atoms with van der Waals surface area (Å²) in [5.74, 6) is 4.56. The van der Waals surface area contributed by atoms with E-state index in [1.54, 1.807) is 0 Å². The van der Waals surface area contributed by atoms with Crippen LogP contribution in [0.4, 0.5) is 0 Å². The zero-order valence-corrected chi connectivity index (χ0v) is 13.3. The first kappa shape index (κ1) is 13.7. The molecule has 4 saturated carbocycles. The monoisotopic (exact) mass is 289 g/mol. The first-order valence-corrected chi connectivity index (χ1v) is 8.73. The predicted octanol–water partition coefficient (Wildman–Crippen LogP) is 3.43. The Morgan fingerprint density at radius 2 is 1.81 bits per heavy atom. The van der Waals surface area contributed by atoms with Crippen LogP contribution in [-0.2, 0) is 12.0 Å². The molecule has 1 atom stereocenters. The molecule has 4 bridgehead atoms. The molecule has 1 unspecified atom stereocenters. The highest BCUT2D eigenvalue weighted by Gasteiger charge is 2.53. The molecule has 4 heteroatoms. The molecule has 1 N–H and O–H groups in total. The largest absolute Gasteiger partial charge is 0.338 e. The Bertz CT molecular complexity index is 475. The normalized spacial score (nSPS) is 38.9. The fourth-order valence-corrected chi connectivity index (χ4v) is 5.33. The summed E-state index contributed by atoms with van der Waals surface area (Å²) in [5, 5.41) is 7.82. The van der Waals surface area contributed by atoms with Gasteiger partial charge in [-0.2, -0.15) is 4.98 Å². The molecule has 0 spiro atoms. The van der Waals surface area contributed by atoms with Crippen LogP contribution in [0.25, 0.3) is 0 Å². The Morgan fingerprint density at radius 1 is 1.19 bits per heavy atom. The SMILES string of the molecule is CCC(C)NCc1nc(C23CC4CC(CC(C4)C2)C3)no1. The second kappa shape index (κ2) is 5.08. The van der Waals surface area contributed by atoms with Gasteiger partial charge in [-0.1, -0.05) is 12.1 Å². The van der Waals surface area contributed by atoms with E-state index < -0.39 is 0 Å². The molecule has 1 heterocycles. The standard InChI is InChI=1S/C17H27N3O/c1-3-11(2)18-10-15-19-16(20-21-15)17-7-12-4-13(8-17)6-14(5-12)9-17/h11-14,18H,3-10H2,1-2H3. The quantitative estimate of drug-likeness (QED) is 0.902. The van der Waals surface area contributed by atoms with Crippen LogP contribution in [-0.4, -0.2) is 16.2 Å². The van der Waals surface area contributed by atoms with E-state index in [0.29, 0.717) is 12.6 Å². The summed E-state index contributed by atoms with van der Waals surface area (Å²) >= 11 is 0. The number of hydrogen-bond donors (Lipinski definition) is 1. The number of rotatable bonds is 5. The Hall–Kier alpha value is -0.900. The van der Waals surface area contributed by atoms with Crippen molar-refractivity contribution in [3.63, 3.8) is 0 Å². The Morgan fingerprint density at radius 3 is 2.38 bits per heavy atom. The van der Waals surface area contributed by atoms with Crippen molar-refractivity contribution in [2.45, 2.75) is 76.8 Å². The zero-order valence-electron chi connectivity index (χ0n) is 13.3. The average Bonchev–Trinajstić information content (AvgIpc) is 2.93.